The molecule has 11 nitrogen and oxygen atoms in total. The van der Waals surface area contributed by atoms with Crippen molar-refractivity contribution in [3.05, 3.63) is 60.8 Å². The molecule has 9 atom stereocenters. The maximum absolute atomic E-state index is 13.2. The van der Waals surface area contributed by atoms with Crippen molar-refractivity contribution in [1.29, 1.82) is 0 Å². The van der Waals surface area contributed by atoms with E-state index in [4.69, 9.17) is 9.47 Å². The Hall–Kier alpha value is -2.19. The van der Waals surface area contributed by atoms with Crippen molar-refractivity contribution in [1.82, 2.24) is 5.32 Å². The molecule has 0 radical (unpaired) electrons. The van der Waals surface area contributed by atoms with E-state index in [1.165, 1.54) is 186 Å². The number of unbranched alkanes of at least 4 members (excludes halogenated alkanes) is 34. The van der Waals surface area contributed by atoms with E-state index >= 15 is 0 Å². The molecule has 1 aliphatic heterocycles. The van der Waals surface area contributed by atoms with Gasteiger partial charge in [0.2, 0.25) is 5.91 Å². The number of allylic oxidation sites excluding steroid dienone is 10. The van der Waals surface area contributed by atoms with Gasteiger partial charge in [0.15, 0.2) is 6.29 Å². The van der Waals surface area contributed by atoms with Gasteiger partial charge in [-0.2, -0.15) is 0 Å². The highest BCUT2D eigenvalue weighted by molar-refractivity contribution is 5.80. The Morgan fingerprint density at radius 2 is 0.846 bits per heavy atom. The number of aliphatic hydroxyl groups excluding tert-OH is 7. The van der Waals surface area contributed by atoms with Crippen molar-refractivity contribution in [2.75, 3.05) is 13.2 Å². The highest BCUT2D eigenvalue weighted by Crippen LogP contribution is 2.23. The second-order valence-corrected chi connectivity index (χ2v) is 22.8. The Balaban J connectivity index is 2.27. The lowest BCUT2D eigenvalue weighted by atomic mass is 9.98. The molecule has 0 spiro atoms. The molecule has 1 amide bonds. The first-order chi connectivity index (χ1) is 38.2. The number of rotatable bonds is 56. The van der Waals surface area contributed by atoms with Gasteiger partial charge in [0.05, 0.1) is 25.4 Å². The van der Waals surface area contributed by atoms with E-state index in [2.05, 4.69) is 79.9 Å². The normalized spacial score (nSPS) is 19.8. The molecule has 78 heavy (non-hydrogen) atoms. The number of ether oxygens (including phenoxy) is 2. The van der Waals surface area contributed by atoms with Gasteiger partial charge in [-0.15, -0.1) is 0 Å². The van der Waals surface area contributed by atoms with Crippen molar-refractivity contribution in [2.45, 2.75) is 345 Å². The number of aliphatic hydroxyl groups is 7. The molecule has 11 heteroatoms. The van der Waals surface area contributed by atoms with Crippen LogP contribution < -0.4 is 5.32 Å². The van der Waals surface area contributed by atoms with Gasteiger partial charge in [-0.05, 0) is 89.9 Å². The van der Waals surface area contributed by atoms with Gasteiger partial charge >= 0.3 is 0 Å². The summed E-state index contributed by atoms with van der Waals surface area (Å²) in [7, 11) is 0. The zero-order valence-corrected chi connectivity index (χ0v) is 50.1. The standard InChI is InChI=1S/C67H123NO10/c1-3-5-7-9-11-13-15-17-19-21-23-25-26-27-28-29-30-31-32-33-34-35-37-38-40-42-44-46-48-50-52-54-59(70)62(72)58(57-77-67-65(75)64(74)63(73)61(56-69)78-67)68-66(76)60(71)55-53-51-49-47-45-43-41-39-36-24-22-20-18-16-14-12-10-8-6-4-2/h6,8,12,14,33-34,38,40,46,48,58-65,67,69-75H,3-5,7,9-11,13,15-32,35-37,39,41-45,47,49-57H2,1-2H3,(H,68,76)/b8-6-,14-12-,34-33+,40-38+,48-46+. The second kappa shape index (κ2) is 55.3. The van der Waals surface area contributed by atoms with Crippen LogP contribution in [0.3, 0.4) is 0 Å². The maximum Gasteiger partial charge on any atom is 0.249 e. The molecule has 0 saturated carbocycles. The fourth-order valence-corrected chi connectivity index (χ4v) is 10.3. The van der Waals surface area contributed by atoms with Gasteiger partial charge in [0.25, 0.3) is 0 Å². The van der Waals surface area contributed by atoms with Gasteiger partial charge in [0.1, 0.15) is 36.6 Å². The van der Waals surface area contributed by atoms with E-state index in [0.717, 1.165) is 57.8 Å². The van der Waals surface area contributed by atoms with E-state index in [9.17, 15) is 40.5 Å². The molecule has 9 unspecified atom stereocenters. The van der Waals surface area contributed by atoms with Crippen LogP contribution in [0, 0.1) is 0 Å². The molecule has 1 fully saturated rings. The first kappa shape index (κ1) is 73.8. The molecule has 0 aromatic carbocycles. The van der Waals surface area contributed by atoms with Crippen molar-refractivity contribution in [3.63, 3.8) is 0 Å². The van der Waals surface area contributed by atoms with Crippen LogP contribution in [-0.2, 0) is 14.3 Å². The van der Waals surface area contributed by atoms with Crippen LogP contribution in [0.1, 0.15) is 290 Å². The Bertz CT molecular complexity index is 1450. The number of hydrogen-bond acceptors (Lipinski definition) is 10. The number of amides is 1. The SMILES string of the molecule is CC/C=C\C/C=C\CCCCCCCCCCCCCCCC(O)C(=O)NC(COC1OC(CO)C(O)C(O)C1O)C(O)C(O)CCC/C=C/CC/C=C/CC/C=C/CCCCCCCCCCCCCCCCCCCC. The van der Waals surface area contributed by atoms with Gasteiger partial charge in [-0.25, -0.2) is 0 Å². The van der Waals surface area contributed by atoms with Crippen LogP contribution in [-0.4, -0.2) is 110 Å². The highest BCUT2D eigenvalue weighted by Gasteiger charge is 2.44. The van der Waals surface area contributed by atoms with Gasteiger partial charge in [0, 0.05) is 0 Å². The summed E-state index contributed by atoms with van der Waals surface area (Å²) in [5.74, 6) is -0.713. The van der Waals surface area contributed by atoms with Crippen molar-refractivity contribution < 1.29 is 50.0 Å². The van der Waals surface area contributed by atoms with Crippen molar-refractivity contribution >= 4 is 5.91 Å². The number of carbonyl (C=O) groups excluding carboxylic acids is 1. The summed E-state index contributed by atoms with van der Waals surface area (Å²) in [4.78, 5) is 13.2. The molecule has 8 N–H and O–H groups in total. The number of nitrogens with one attached hydrogen (secondary N) is 1. The largest absolute Gasteiger partial charge is 0.394 e. The summed E-state index contributed by atoms with van der Waals surface area (Å²) < 4.78 is 11.2. The maximum atomic E-state index is 13.2. The zero-order valence-electron chi connectivity index (χ0n) is 50.1. The molecule has 1 rings (SSSR count). The third-order valence-electron chi connectivity index (χ3n) is 15.5. The van der Waals surface area contributed by atoms with E-state index in [1.807, 2.05) is 0 Å². The summed E-state index contributed by atoms with van der Waals surface area (Å²) in [6.45, 7) is 3.36. The van der Waals surface area contributed by atoms with Gasteiger partial charge in [-0.3, -0.25) is 4.79 Å². The Morgan fingerprint density at radius 3 is 1.28 bits per heavy atom. The molecular weight excluding hydrogens is 979 g/mol. The Labute approximate surface area is 478 Å². The molecule has 456 valence electrons. The lowest BCUT2D eigenvalue weighted by Crippen LogP contribution is -2.60. The summed E-state index contributed by atoms with van der Waals surface area (Å²) in [5.41, 5.74) is 0. The molecule has 0 aromatic heterocycles. The minimum atomic E-state index is -1.68. The third kappa shape index (κ3) is 42.6. The summed E-state index contributed by atoms with van der Waals surface area (Å²) in [6.07, 6.45) is 61.6. The predicted molar refractivity (Wildman–Crippen MR) is 325 cm³/mol. The fourth-order valence-electron chi connectivity index (χ4n) is 10.3. The first-order valence-electron chi connectivity index (χ1n) is 32.7. The quantitative estimate of drug-likeness (QED) is 0.0215. The van der Waals surface area contributed by atoms with Crippen LogP contribution in [0.5, 0.6) is 0 Å². The van der Waals surface area contributed by atoms with Gasteiger partial charge < -0.3 is 50.5 Å². The van der Waals surface area contributed by atoms with Crippen LogP contribution >= 0.6 is 0 Å². The van der Waals surface area contributed by atoms with Crippen molar-refractivity contribution in [3.8, 4) is 0 Å². The smallest absolute Gasteiger partial charge is 0.249 e. The van der Waals surface area contributed by atoms with E-state index in [-0.39, 0.29) is 12.8 Å². The van der Waals surface area contributed by atoms with E-state index in [1.54, 1.807) is 0 Å². The Kier molecular flexibility index (Phi) is 52.4. The van der Waals surface area contributed by atoms with Crippen LogP contribution in [0.15, 0.2) is 60.8 Å². The van der Waals surface area contributed by atoms with Crippen molar-refractivity contribution in [2.24, 2.45) is 0 Å². The van der Waals surface area contributed by atoms with Gasteiger partial charge in [-0.1, -0.05) is 261 Å². The summed E-state index contributed by atoms with van der Waals surface area (Å²) >= 11 is 0. The average molecular weight is 1100 g/mol. The zero-order chi connectivity index (χ0) is 56.8. The third-order valence-corrected chi connectivity index (χ3v) is 15.5. The number of carbonyl (C=O) groups is 1. The molecule has 1 saturated heterocycles. The fraction of sp³-hybridized carbons (Fsp3) is 0.836. The lowest BCUT2D eigenvalue weighted by Gasteiger charge is -2.40. The van der Waals surface area contributed by atoms with E-state index in [0.29, 0.717) is 19.3 Å². The van der Waals surface area contributed by atoms with Crippen LogP contribution in [0.25, 0.3) is 0 Å². The molecule has 0 aromatic rings. The molecular formula is C67H123NO10. The van der Waals surface area contributed by atoms with Crippen LogP contribution in [0.2, 0.25) is 0 Å². The lowest BCUT2D eigenvalue weighted by molar-refractivity contribution is -0.303. The summed E-state index contributed by atoms with van der Waals surface area (Å²) in [5, 5.41) is 76.3. The molecule has 0 aliphatic carbocycles. The summed E-state index contributed by atoms with van der Waals surface area (Å²) in [6, 6.07) is -1.20. The predicted octanol–water partition coefficient (Wildman–Crippen LogP) is 15.0. The minimum Gasteiger partial charge on any atom is -0.394 e. The minimum absolute atomic E-state index is 0.240. The molecule has 0 bridgehead atoms. The van der Waals surface area contributed by atoms with Crippen LogP contribution in [0.4, 0.5) is 0 Å². The second-order valence-electron chi connectivity index (χ2n) is 22.8. The molecule has 1 heterocycles. The monoisotopic (exact) mass is 1100 g/mol. The first-order valence-corrected chi connectivity index (χ1v) is 32.7. The topological polar surface area (TPSA) is 189 Å². The molecule has 1 aliphatic rings. The highest BCUT2D eigenvalue weighted by atomic mass is 16.7. The number of hydrogen-bond donors (Lipinski definition) is 8. The average Bonchev–Trinajstić information content (AvgIpc) is 3.46. The Morgan fingerprint density at radius 1 is 0.462 bits per heavy atom. The van der Waals surface area contributed by atoms with E-state index < -0.39 is 74.2 Å².